The molecule has 0 spiro atoms. The van der Waals surface area contributed by atoms with Gasteiger partial charge < -0.3 is 36.0 Å². The molecule has 0 unspecified atom stereocenters. The van der Waals surface area contributed by atoms with E-state index in [0.29, 0.717) is 50.5 Å². The number of morpholine rings is 1. The van der Waals surface area contributed by atoms with E-state index in [1.165, 1.54) is 0 Å². The summed E-state index contributed by atoms with van der Waals surface area (Å²) in [6.45, 7) is 4.77. The highest BCUT2D eigenvalue weighted by atomic mass is 19.4. The zero-order chi connectivity index (χ0) is 28.3. The molecule has 210 valence electrons. The molecule has 39 heavy (non-hydrogen) atoms. The number of rotatable bonds is 4. The van der Waals surface area contributed by atoms with Gasteiger partial charge in [-0.3, -0.25) is 0 Å². The summed E-state index contributed by atoms with van der Waals surface area (Å²) < 4.78 is 37.3. The number of carboxylic acid groups (broad SMARTS) is 1. The Kier molecular flexibility index (Phi) is 8.09. The number of urea groups is 2. The van der Waals surface area contributed by atoms with Crippen molar-refractivity contribution >= 4 is 29.7 Å². The molecular weight excluding hydrogens is 523 g/mol. The van der Waals surface area contributed by atoms with E-state index < -0.39 is 18.2 Å². The van der Waals surface area contributed by atoms with Crippen molar-refractivity contribution in [2.24, 2.45) is 5.73 Å². The maximum Gasteiger partial charge on any atom is 0.490 e. The number of anilines is 2. The molecule has 1 atom stereocenters. The zero-order valence-corrected chi connectivity index (χ0v) is 21.0. The number of nitrogens with zero attached hydrogens (tertiary/aromatic N) is 4. The molecule has 1 aliphatic carbocycles. The Bertz CT molecular complexity index is 1240. The van der Waals surface area contributed by atoms with Crippen LogP contribution < -0.4 is 21.3 Å². The second-order valence-electron chi connectivity index (χ2n) is 9.36. The van der Waals surface area contributed by atoms with Gasteiger partial charge in [0.15, 0.2) is 0 Å². The third kappa shape index (κ3) is 7.04. The summed E-state index contributed by atoms with van der Waals surface area (Å²) in [5.41, 5.74) is 9.64. The lowest BCUT2D eigenvalue weighted by molar-refractivity contribution is -0.192. The van der Waals surface area contributed by atoms with Crippen LogP contribution in [0.25, 0.3) is 11.3 Å². The molecule has 0 bridgehead atoms. The van der Waals surface area contributed by atoms with E-state index in [0.717, 1.165) is 35.4 Å². The SMILES string of the molecule is C[C@H]1COCCN1c1nc2c(c(-c3ccc(NC(=O)NC4CC4)cc3)n1)CN(C(N)=O)C2.O=C(O)C(F)(F)F. The number of hydrogen-bond acceptors (Lipinski definition) is 7. The molecular formula is C24H28F3N7O5. The van der Waals surface area contributed by atoms with Crippen LogP contribution in [-0.4, -0.2) is 76.0 Å². The zero-order valence-electron chi connectivity index (χ0n) is 21.0. The van der Waals surface area contributed by atoms with Crippen LogP contribution in [0.2, 0.25) is 0 Å². The van der Waals surface area contributed by atoms with Gasteiger partial charge in [-0.2, -0.15) is 13.2 Å². The number of aliphatic carboxylic acids is 1. The Morgan fingerprint density at radius 1 is 1.13 bits per heavy atom. The number of alkyl halides is 3. The first-order valence-corrected chi connectivity index (χ1v) is 12.2. The fourth-order valence-corrected chi connectivity index (χ4v) is 4.08. The maximum atomic E-state index is 12.0. The van der Waals surface area contributed by atoms with Gasteiger partial charge in [0.2, 0.25) is 5.95 Å². The van der Waals surface area contributed by atoms with Crippen LogP contribution >= 0.6 is 0 Å². The lowest BCUT2D eigenvalue weighted by atomic mass is 10.1. The molecule has 2 aliphatic heterocycles. The summed E-state index contributed by atoms with van der Waals surface area (Å²) in [5.74, 6) is -2.13. The number of nitrogens with two attached hydrogens (primary N) is 1. The van der Waals surface area contributed by atoms with Crippen molar-refractivity contribution in [2.75, 3.05) is 30.0 Å². The topological polar surface area (TPSA) is 163 Å². The number of amides is 4. The van der Waals surface area contributed by atoms with Crippen LogP contribution in [0.15, 0.2) is 24.3 Å². The number of nitrogens with one attached hydrogen (secondary N) is 2. The van der Waals surface area contributed by atoms with Gasteiger partial charge in [0, 0.05) is 29.4 Å². The Hall–Kier alpha value is -4.14. The minimum atomic E-state index is -5.08. The third-order valence-corrected chi connectivity index (χ3v) is 6.28. The monoisotopic (exact) mass is 551 g/mol. The van der Waals surface area contributed by atoms with Crippen LogP contribution in [0.5, 0.6) is 0 Å². The number of halogens is 3. The van der Waals surface area contributed by atoms with Crippen LogP contribution in [0.3, 0.4) is 0 Å². The lowest BCUT2D eigenvalue weighted by Gasteiger charge is -2.33. The minimum absolute atomic E-state index is 0.153. The molecule has 0 radical (unpaired) electrons. The summed E-state index contributed by atoms with van der Waals surface area (Å²) in [7, 11) is 0. The van der Waals surface area contributed by atoms with Gasteiger partial charge in [-0.1, -0.05) is 12.1 Å². The van der Waals surface area contributed by atoms with E-state index in [2.05, 4.69) is 22.5 Å². The van der Waals surface area contributed by atoms with Crippen molar-refractivity contribution in [1.29, 1.82) is 0 Å². The predicted octanol–water partition coefficient (Wildman–Crippen LogP) is 2.68. The van der Waals surface area contributed by atoms with Crippen LogP contribution in [-0.2, 0) is 22.6 Å². The minimum Gasteiger partial charge on any atom is -0.475 e. The second kappa shape index (κ2) is 11.3. The molecule has 5 N–H and O–H groups in total. The van der Waals surface area contributed by atoms with Gasteiger partial charge in [-0.15, -0.1) is 0 Å². The van der Waals surface area contributed by atoms with Gasteiger partial charge in [0.25, 0.3) is 0 Å². The first kappa shape index (κ1) is 27.9. The van der Waals surface area contributed by atoms with Gasteiger partial charge in [-0.05, 0) is 31.9 Å². The molecule has 2 fully saturated rings. The Morgan fingerprint density at radius 2 is 1.79 bits per heavy atom. The number of primary amides is 1. The molecule has 4 amide bonds. The van der Waals surface area contributed by atoms with Gasteiger partial charge >= 0.3 is 24.2 Å². The number of carbonyl (C=O) groups is 3. The molecule has 3 heterocycles. The van der Waals surface area contributed by atoms with E-state index in [9.17, 15) is 22.8 Å². The second-order valence-corrected chi connectivity index (χ2v) is 9.36. The number of carbonyl (C=O) groups excluding carboxylic acids is 2. The van der Waals surface area contributed by atoms with E-state index in [1.807, 2.05) is 24.3 Å². The van der Waals surface area contributed by atoms with Crippen LogP contribution in [0, 0.1) is 0 Å². The van der Waals surface area contributed by atoms with Crippen molar-refractivity contribution in [3.05, 3.63) is 35.5 Å². The quantitative estimate of drug-likeness (QED) is 0.451. The highest BCUT2D eigenvalue weighted by molar-refractivity contribution is 5.90. The van der Waals surface area contributed by atoms with Crippen molar-refractivity contribution in [1.82, 2.24) is 20.2 Å². The number of hydrogen-bond donors (Lipinski definition) is 4. The summed E-state index contributed by atoms with van der Waals surface area (Å²) in [5, 5.41) is 12.9. The Morgan fingerprint density at radius 3 is 2.36 bits per heavy atom. The summed E-state index contributed by atoms with van der Waals surface area (Å²) in [6.07, 6.45) is -3.00. The fraction of sp³-hybridized carbons (Fsp3) is 0.458. The molecule has 1 saturated carbocycles. The normalized spacial score (nSPS) is 18.5. The van der Waals surface area contributed by atoms with E-state index >= 15 is 0 Å². The smallest absolute Gasteiger partial charge is 0.475 e. The average molecular weight is 552 g/mol. The third-order valence-electron chi connectivity index (χ3n) is 6.28. The number of carboxylic acids is 1. The van der Waals surface area contributed by atoms with Crippen molar-refractivity contribution in [2.45, 2.75) is 51.1 Å². The number of fused-ring (bicyclic) bond motifs is 1. The number of ether oxygens (including phenoxy) is 1. The molecule has 1 saturated heterocycles. The van der Waals surface area contributed by atoms with Crippen LogP contribution in [0.1, 0.15) is 31.0 Å². The summed E-state index contributed by atoms with van der Waals surface area (Å²) in [6, 6.07) is 7.35. The summed E-state index contributed by atoms with van der Waals surface area (Å²) in [4.78, 5) is 46.1. The predicted molar refractivity (Wildman–Crippen MR) is 133 cm³/mol. The fourth-order valence-electron chi connectivity index (χ4n) is 4.08. The number of aromatic nitrogens is 2. The van der Waals surface area contributed by atoms with Gasteiger partial charge in [0.1, 0.15) is 0 Å². The first-order chi connectivity index (χ1) is 18.4. The van der Waals surface area contributed by atoms with E-state index in [1.54, 1.807) is 4.90 Å². The van der Waals surface area contributed by atoms with Gasteiger partial charge in [-0.25, -0.2) is 24.4 Å². The Labute approximate surface area is 221 Å². The van der Waals surface area contributed by atoms with Gasteiger partial charge in [0.05, 0.1) is 43.7 Å². The Balaban J connectivity index is 0.000000448. The molecule has 1 aromatic heterocycles. The number of benzene rings is 1. The standard InChI is InChI=1S/C22H27N7O3.C2HF3O2/c1-13-12-32-9-8-29(13)21-26-18-11-28(20(23)30)10-17(18)19(27-21)14-2-4-15(5-3-14)24-22(31)25-16-6-7-16;3-2(4,5)1(6)7/h2-5,13,16H,6-12H2,1H3,(H2,23,30)(H2,24,25,31);(H,6,7)/t13-;/m0./s1. The largest absolute Gasteiger partial charge is 0.490 e. The van der Waals surface area contributed by atoms with E-state index in [4.69, 9.17) is 30.3 Å². The molecule has 1 aromatic carbocycles. The van der Waals surface area contributed by atoms with Crippen molar-refractivity contribution in [3.63, 3.8) is 0 Å². The highest BCUT2D eigenvalue weighted by Crippen LogP contribution is 2.33. The molecule has 15 heteroatoms. The maximum absolute atomic E-state index is 12.0. The summed E-state index contributed by atoms with van der Waals surface area (Å²) >= 11 is 0. The average Bonchev–Trinajstić information content (AvgIpc) is 3.57. The molecule has 2 aromatic rings. The van der Waals surface area contributed by atoms with Crippen molar-refractivity contribution < 1.29 is 37.4 Å². The van der Waals surface area contributed by atoms with E-state index in [-0.39, 0.29) is 12.1 Å². The molecule has 5 rings (SSSR count). The lowest BCUT2D eigenvalue weighted by Crippen LogP contribution is -2.44. The van der Waals surface area contributed by atoms with Crippen molar-refractivity contribution in [3.8, 4) is 11.3 Å². The first-order valence-electron chi connectivity index (χ1n) is 12.2. The molecule has 12 nitrogen and oxygen atoms in total. The molecule has 3 aliphatic rings. The highest BCUT2D eigenvalue weighted by Gasteiger charge is 2.38. The van der Waals surface area contributed by atoms with Crippen LogP contribution in [0.4, 0.5) is 34.4 Å².